The second-order valence-corrected chi connectivity index (χ2v) is 1.82. The molecule has 1 heterocycles. The van der Waals surface area contributed by atoms with Crippen molar-refractivity contribution >= 4 is 17.7 Å². The Bertz CT molecular complexity index is 199. The number of nitrogens with one attached hydrogen (secondary N) is 1. The van der Waals surface area contributed by atoms with Crippen molar-refractivity contribution < 1.29 is 0 Å². The van der Waals surface area contributed by atoms with Gasteiger partial charge in [-0.05, 0) is 6.07 Å². The molecule has 0 amide bonds. The predicted molar refractivity (Wildman–Crippen MR) is 41.5 cm³/mol. The van der Waals surface area contributed by atoms with Crippen LogP contribution in [-0.2, 0) is 6.54 Å². The zero-order chi connectivity index (χ0) is 7.23. The molecule has 0 aliphatic carbocycles. The van der Waals surface area contributed by atoms with Gasteiger partial charge in [-0.1, -0.05) is 12.2 Å². The van der Waals surface area contributed by atoms with Gasteiger partial charge in [-0.25, -0.2) is 9.97 Å². The highest BCUT2D eigenvalue weighted by molar-refractivity contribution is 7.78. The molecule has 0 unspecified atom stereocenters. The van der Waals surface area contributed by atoms with Crippen LogP contribution in [0.1, 0.15) is 5.82 Å². The average molecular weight is 152 g/mol. The number of hydrogen-bond acceptors (Lipinski definition) is 3. The predicted octanol–water partition coefficient (Wildman–Crippen LogP) is 0.400. The van der Waals surface area contributed by atoms with E-state index < -0.39 is 0 Å². The van der Waals surface area contributed by atoms with Crippen molar-refractivity contribution in [3.63, 3.8) is 0 Å². The van der Waals surface area contributed by atoms with Crippen LogP contribution < -0.4 is 5.32 Å². The first kappa shape index (κ1) is 7.08. The molecule has 0 saturated carbocycles. The molecule has 0 atom stereocenters. The molecule has 4 heteroatoms. The van der Waals surface area contributed by atoms with E-state index in [2.05, 4.69) is 33.0 Å². The minimum atomic E-state index is 0.546. The summed E-state index contributed by atoms with van der Waals surface area (Å²) in [6, 6.07) is 1.77. The topological polar surface area (TPSA) is 37.8 Å². The van der Waals surface area contributed by atoms with Crippen LogP contribution in [0, 0.1) is 0 Å². The van der Waals surface area contributed by atoms with Gasteiger partial charge in [0.05, 0.1) is 6.54 Å². The van der Waals surface area contributed by atoms with Gasteiger partial charge in [-0.3, -0.25) is 0 Å². The molecule has 0 aliphatic rings. The normalized spacial score (nSPS) is 8.80. The van der Waals surface area contributed by atoms with Gasteiger partial charge >= 0.3 is 0 Å². The quantitative estimate of drug-likeness (QED) is 0.502. The fourth-order valence-electron chi connectivity index (χ4n) is 0.536. The molecule has 1 radical (unpaired) electrons. The van der Waals surface area contributed by atoms with E-state index in [0.717, 1.165) is 5.82 Å². The molecule has 3 nitrogen and oxygen atoms in total. The summed E-state index contributed by atoms with van der Waals surface area (Å²) in [7, 11) is 0. The minimum absolute atomic E-state index is 0.546. The summed E-state index contributed by atoms with van der Waals surface area (Å²) in [5.74, 6) is 0.722. The Morgan fingerprint density at radius 1 is 1.50 bits per heavy atom. The van der Waals surface area contributed by atoms with Crippen molar-refractivity contribution in [2.75, 3.05) is 0 Å². The smallest absolute Gasteiger partial charge is 0.147 e. The first-order valence-corrected chi connectivity index (χ1v) is 3.20. The SMILES string of the molecule is S=[C]NCc1ncccn1. The molecular weight excluding hydrogens is 146 g/mol. The zero-order valence-electron chi connectivity index (χ0n) is 5.24. The standard InChI is InChI=1S/C6H6N3S/c10-5-7-4-6-8-2-1-3-9-6/h1-3H,4H2,(H,7,10). The van der Waals surface area contributed by atoms with E-state index in [1.165, 1.54) is 0 Å². The summed E-state index contributed by atoms with van der Waals surface area (Å²) in [6.45, 7) is 0.546. The van der Waals surface area contributed by atoms with Crippen LogP contribution in [-0.4, -0.2) is 15.5 Å². The van der Waals surface area contributed by atoms with E-state index in [0.29, 0.717) is 6.54 Å². The highest BCUT2D eigenvalue weighted by atomic mass is 32.1. The molecule has 1 N–H and O–H groups in total. The molecule has 0 saturated heterocycles. The van der Waals surface area contributed by atoms with E-state index >= 15 is 0 Å². The molecule has 0 aliphatic heterocycles. The number of aromatic nitrogens is 2. The van der Waals surface area contributed by atoms with Crippen LogP contribution >= 0.6 is 12.2 Å². The van der Waals surface area contributed by atoms with Gasteiger partial charge in [0.25, 0.3) is 0 Å². The second kappa shape index (κ2) is 3.90. The van der Waals surface area contributed by atoms with Crippen LogP contribution in [0.15, 0.2) is 18.5 Å². The summed E-state index contributed by atoms with van der Waals surface area (Å²) in [5.41, 5.74) is 2.37. The van der Waals surface area contributed by atoms with Gasteiger partial charge in [-0.15, -0.1) is 0 Å². The molecule has 0 aromatic carbocycles. The van der Waals surface area contributed by atoms with Gasteiger partial charge in [-0.2, -0.15) is 0 Å². The van der Waals surface area contributed by atoms with Gasteiger partial charge in [0.15, 0.2) is 0 Å². The highest BCUT2D eigenvalue weighted by Crippen LogP contribution is 1.83. The molecule has 1 rings (SSSR count). The van der Waals surface area contributed by atoms with Gasteiger partial charge in [0.1, 0.15) is 11.3 Å². The summed E-state index contributed by atoms with van der Waals surface area (Å²) < 4.78 is 0. The van der Waals surface area contributed by atoms with Gasteiger partial charge in [0.2, 0.25) is 0 Å². The molecule has 10 heavy (non-hydrogen) atoms. The third-order valence-corrected chi connectivity index (χ3v) is 1.08. The van der Waals surface area contributed by atoms with E-state index in [9.17, 15) is 0 Å². The molecule has 51 valence electrons. The largest absolute Gasteiger partial charge is 0.367 e. The van der Waals surface area contributed by atoms with E-state index in [1.54, 1.807) is 18.5 Å². The zero-order valence-corrected chi connectivity index (χ0v) is 6.06. The van der Waals surface area contributed by atoms with Gasteiger partial charge in [0, 0.05) is 12.4 Å². The summed E-state index contributed by atoms with van der Waals surface area (Å²) in [4.78, 5) is 7.91. The van der Waals surface area contributed by atoms with Gasteiger partial charge < -0.3 is 5.32 Å². The van der Waals surface area contributed by atoms with Crippen LogP contribution in [0.2, 0.25) is 0 Å². The molecule has 1 aromatic rings. The van der Waals surface area contributed by atoms with Crippen molar-refractivity contribution in [1.82, 2.24) is 15.3 Å². The Labute approximate surface area is 64.5 Å². The fraction of sp³-hybridized carbons (Fsp3) is 0.167. The van der Waals surface area contributed by atoms with Crippen LogP contribution in [0.5, 0.6) is 0 Å². The Morgan fingerprint density at radius 3 is 2.80 bits per heavy atom. The Morgan fingerprint density at radius 2 is 2.20 bits per heavy atom. The number of hydrogen-bond donors (Lipinski definition) is 1. The van der Waals surface area contributed by atoms with Crippen LogP contribution in [0.25, 0.3) is 0 Å². The molecule has 0 fully saturated rings. The summed E-state index contributed by atoms with van der Waals surface area (Å²) in [6.07, 6.45) is 3.38. The molecule has 1 aromatic heterocycles. The third kappa shape index (κ3) is 2.06. The first-order valence-electron chi connectivity index (χ1n) is 2.79. The third-order valence-electron chi connectivity index (χ3n) is 0.938. The minimum Gasteiger partial charge on any atom is -0.367 e. The van der Waals surface area contributed by atoms with Crippen molar-refractivity contribution in [3.8, 4) is 0 Å². The maximum atomic E-state index is 4.43. The summed E-state index contributed by atoms with van der Waals surface area (Å²) >= 11 is 4.43. The molecule has 0 spiro atoms. The van der Waals surface area contributed by atoms with Crippen LogP contribution in [0.4, 0.5) is 0 Å². The second-order valence-electron chi connectivity index (χ2n) is 1.62. The average Bonchev–Trinajstić information content (AvgIpc) is 2.03. The van der Waals surface area contributed by atoms with Crippen molar-refractivity contribution in [2.45, 2.75) is 6.54 Å². The number of thiocarbonyl (C=S) groups is 1. The van der Waals surface area contributed by atoms with Crippen molar-refractivity contribution in [1.29, 1.82) is 0 Å². The monoisotopic (exact) mass is 152 g/mol. The lowest BCUT2D eigenvalue weighted by Crippen LogP contribution is -2.10. The van der Waals surface area contributed by atoms with E-state index in [1.807, 2.05) is 0 Å². The lowest BCUT2D eigenvalue weighted by atomic mass is 10.5. The summed E-state index contributed by atoms with van der Waals surface area (Å²) in [5, 5.41) is 2.70. The molecular formula is C6H6N3S. The van der Waals surface area contributed by atoms with E-state index in [4.69, 9.17) is 0 Å². The highest BCUT2D eigenvalue weighted by Gasteiger charge is 1.88. The first-order chi connectivity index (χ1) is 4.93. The maximum Gasteiger partial charge on any atom is 0.147 e. The Hall–Kier alpha value is -1.03. The number of rotatable bonds is 3. The Balaban J connectivity index is 2.50. The van der Waals surface area contributed by atoms with Crippen molar-refractivity contribution in [2.24, 2.45) is 0 Å². The Kier molecular flexibility index (Phi) is 2.76. The fourth-order valence-corrected chi connectivity index (χ4v) is 0.609. The lowest BCUT2D eigenvalue weighted by Gasteiger charge is -1.94. The molecule has 0 bridgehead atoms. The van der Waals surface area contributed by atoms with Crippen molar-refractivity contribution in [3.05, 3.63) is 24.3 Å². The number of nitrogens with zero attached hydrogens (tertiary/aromatic N) is 2. The maximum absolute atomic E-state index is 4.43. The van der Waals surface area contributed by atoms with Crippen LogP contribution in [0.3, 0.4) is 0 Å². The lowest BCUT2D eigenvalue weighted by molar-refractivity contribution is 0.841. The van der Waals surface area contributed by atoms with E-state index in [-0.39, 0.29) is 0 Å².